The van der Waals surface area contributed by atoms with Crippen LogP contribution in [0.4, 0.5) is 5.13 Å². The van der Waals surface area contributed by atoms with Crippen LogP contribution in [-0.4, -0.2) is 15.9 Å². The van der Waals surface area contributed by atoms with E-state index in [1.54, 1.807) is 23.6 Å². The number of pyridine rings is 1. The number of fused-ring (bicyclic) bond motifs is 1. The molecule has 4 nitrogen and oxygen atoms in total. The molecule has 1 N–H and O–H groups in total. The molecule has 3 heterocycles. The fourth-order valence-electron chi connectivity index (χ4n) is 2.91. The molecular weight excluding hydrogens is 374 g/mol. The van der Waals surface area contributed by atoms with Crippen LogP contribution in [0.1, 0.15) is 15.3 Å². The zero-order chi connectivity index (χ0) is 18.8. The lowest BCUT2D eigenvalue weighted by Crippen LogP contribution is -2.07. The van der Waals surface area contributed by atoms with Gasteiger partial charge in [-0.2, -0.15) is 0 Å². The molecule has 4 aromatic rings. The number of thiophene rings is 1. The summed E-state index contributed by atoms with van der Waals surface area (Å²) >= 11 is 3.18. The Kier molecular flexibility index (Phi) is 4.83. The lowest BCUT2D eigenvalue weighted by atomic mass is 10.1. The van der Waals surface area contributed by atoms with Gasteiger partial charge in [-0.1, -0.05) is 24.3 Å². The number of carbonyl (C=O) groups excluding carboxylic acids is 1. The first-order valence-electron chi connectivity index (χ1n) is 8.46. The summed E-state index contributed by atoms with van der Waals surface area (Å²) in [7, 11) is 0. The monoisotopic (exact) mass is 391 g/mol. The highest BCUT2D eigenvalue weighted by Crippen LogP contribution is 2.32. The lowest BCUT2D eigenvalue weighted by molar-refractivity contribution is -0.111. The van der Waals surface area contributed by atoms with E-state index in [4.69, 9.17) is 0 Å². The van der Waals surface area contributed by atoms with Gasteiger partial charge in [0.05, 0.1) is 11.2 Å². The van der Waals surface area contributed by atoms with Crippen molar-refractivity contribution in [2.45, 2.75) is 13.8 Å². The number of aromatic nitrogens is 2. The smallest absolute Gasteiger partial charge is 0.250 e. The molecule has 27 heavy (non-hydrogen) atoms. The van der Waals surface area contributed by atoms with Gasteiger partial charge in [0.15, 0.2) is 5.13 Å². The summed E-state index contributed by atoms with van der Waals surface area (Å²) in [6, 6.07) is 11.9. The second-order valence-electron chi connectivity index (χ2n) is 6.11. The zero-order valence-corrected chi connectivity index (χ0v) is 16.5. The van der Waals surface area contributed by atoms with Crippen molar-refractivity contribution in [1.29, 1.82) is 0 Å². The summed E-state index contributed by atoms with van der Waals surface area (Å²) in [4.78, 5) is 23.7. The third-order valence-corrected chi connectivity index (χ3v) is 5.85. The molecular formula is C21H17N3OS2. The van der Waals surface area contributed by atoms with E-state index in [1.165, 1.54) is 27.2 Å². The molecule has 0 atom stereocenters. The number of hydrogen-bond acceptors (Lipinski definition) is 5. The normalized spacial score (nSPS) is 11.3. The van der Waals surface area contributed by atoms with Gasteiger partial charge in [-0.3, -0.25) is 15.1 Å². The molecule has 0 fully saturated rings. The van der Waals surface area contributed by atoms with Crippen LogP contribution in [0.5, 0.6) is 0 Å². The molecule has 0 spiro atoms. The van der Waals surface area contributed by atoms with E-state index >= 15 is 0 Å². The Hall–Kier alpha value is -2.83. The maximum atomic E-state index is 12.3. The van der Waals surface area contributed by atoms with E-state index in [0.717, 1.165) is 27.7 Å². The quantitative estimate of drug-likeness (QED) is 0.455. The van der Waals surface area contributed by atoms with Crippen molar-refractivity contribution in [3.63, 3.8) is 0 Å². The van der Waals surface area contributed by atoms with Gasteiger partial charge in [0.1, 0.15) is 0 Å². The van der Waals surface area contributed by atoms with Crippen molar-refractivity contribution in [3.05, 3.63) is 69.4 Å². The summed E-state index contributed by atoms with van der Waals surface area (Å²) in [6.45, 7) is 4.18. The molecule has 1 amide bonds. The SMILES string of the molecule is Cc1cc(-c2csc(NC(=O)/C=C/c3cccc4cccnc34)n2)c(C)s1. The number of anilines is 1. The highest BCUT2D eigenvalue weighted by Gasteiger charge is 2.11. The van der Waals surface area contributed by atoms with E-state index in [2.05, 4.69) is 35.2 Å². The molecule has 0 bridgehead atoms. The largest absolute Gasteiger partial charge is 0.298 e. The predicted octanol–water partition coefficient (Wildman–Crippen LogP) is 5.69. The number of nitrogens with zero attached hydrogens (tertiary/aromatic N) is 2. The van der Waals surface area contributed by atoms with Crippen LogP contribution in [0.25, 0.3) is 28.2 Å². The van der Waals surface area contributed by atoms with Gasteiger partial charge in [-0.15, -0.1) is 22.7 Å². The molecule has 0 saturated carbocycles. The fraction of sp³-hybridized carbons (Fsp3) is 0.0952. The van der Waals surface area contributed by atoms with Gasteiger partial charge < -0.3 is 0 Å². The Morgan fingerprint density at radius 2 is 2.04 bits per heavy atom. The number of benzene rings is 1. The molecule has 6 heteroatoms. The van der Waals surface area contributed by atoms with Gasteiger partial charge in [-0.05, 0) is 32.1 Å². The van der Waals surface area contributed by atoms with Gasteiger partial charge in [0.25, 0.3) is 0 Å². The number of aryl methyl sites for hydroxylation is 2. The highest BCUT2D eigenvalue weighted by atomic mass is 32.1. The molecule has 1 aromatic carbocycles. The van der Waals surface area contributed by atoms with Crippen LogP contribution in [0.15, 0.2) is 54.1 Å². The molecule has 0 saturated heterocycles. The first-order chi connectivity index (χ1) is 13.1. The third kappa shape index (κ3) is 3.82. The average Bonchev–Trinajstić information content (AvgIpc) is 3.25. The Bertz CT molecular complexity index is 1150. The van der Waals surface area contributed by atoms with Gasteiger partial charge >= 0.3 is 0 Å². The summed E-state index contributed by atoms with van der Waals surface area (Å²) in [5, 5.41) is 6.46. The second kappa shape index (κ2) is 7.42. The molecule has 0 aliphatic heterocycles. The molecule has 4 rings (SSSR count). The fourth-order valence-corrected chi connectivity index (χ4v) is 4.56. The van der Waals surface area contributed by atoms with Crippen molar-refractivity contribution in [2.24, 2.45) is 0 Å². The van der Waals surface area contributed by atoms with Crippen molar-refractivity contribution in [2.75, 3.05) is 5.32 Å². The Labute approximate surface area is 165 Å². The topological polar surface area (TPSA) is 54.9 Å². The van der Waals surface area contributed by atoms with E-state index in [1.807, 2.05) is 35.7 Å². The molecule has 0 aliphatic carbocycles. The molecule has 3 aromatic heterocycles. The van der Waals surface area contributed by atoms with Crippen LogP contribution in [0, 0.1) is 13.8 Å². The van der Waals surface area contributed by atoms with E-state index in [9.17, 15) is 4.79 Å². The maximum absolute atomic E-state index is 12.3. The average molecular weight is 392 g/mol. The van der Waals surface area contributed by atoms with Gasteiger partial charge in [-0.25, -0.2) is 4.98 Å². The van der Waals surface area contributed by atoms with Crippen molar-refractivity contribution >= 4 is 50.7 Å². The highest BCUT2D eigenvalue weighted by molar-refractivity contribution is 7.14. The predicted molar refractivity (Wildman–Crippen MR) is 114 cm³/mol. The first-order valence-corrected chi connectivity index (χ1v) is 10.2. The lowest BCUT2D eigenvalue weighted by Gasteiger charge is -2.00. The van der Waals surface area contributed by atoms with Crippen LogP contribution >= 0.6 is 22.7 Å². The minimum Gasteiger partial charge on any atom is -0.298 e. The summed E-state index contributed by atoms with van der Waals surface area (Å²) in [5.74, 6) is -0.206. The minimum absolute atomic E-state index is 0.206. The van der Waals surface area contributed by atoms with Crippen molar-refractivity contribution in [1.82, 2.24) is 9.97 Å². The zero-order valence-electron chi connectivity index (χ0n) is 14.9. The Balaban J connectivity index is 1.50. The standard InChI is InChI=1S/C21H17N3OS2/c1-13-11-17(14(2)27-13)18-12-26-21(23-18)24-19(25)9-8-16-6-3-5-15-7-4-10-22-20(15)16/h3-12H,1-2H3,(H,23,24,25)/b9-8+. The van der Waals surface area contributed by atoms with Crippen molar-refractivity contribution in [3.8, 4) is 11.3 Å². The van der Waals surface area contributed by atoms with Crippen LogP contribution in [0.2, 0.25) is 0 Å². The Morgan fingerprint density at radius 3 is 2.85 bits per heavy atom. The molecule has 0 radical (unpaired) electrons. The summed E-state index contributed by atoms with van der Waals surface area (Å²) in [5.41, 5.74) is 3.82. The van der Waals surface area contributed by atoms with E-state index in [-0.39, 0.29) is 5.91 Å². The van der Waals surface area contributed by atoms with Gasteiger partial charge in [0.2, 0.25) is 5.91 Å². The minimum atomic E-state index is -0.206. The van der Waals surface area contributed by atoms with E-state index in [0.29, 0.717) is 5.13 Å². The van der Waals surface area contributed by atoms with Crippen LogP contribution in [-0.2, 0) is 4.79 Å². The number of thiazole rings is 1. The maximum Gasteiger partial charge on any atom is 0.250 e. The van der Waals surface area contributed by atoms with Crippen LogP contribution in [0.3, 0.4) is 0 Å². The molecule has 0 aliphatic rings. The number of para-hydroxylation sites is 1. The number of hydrogen-bond donors (Lipinski definition) is 1. The van der Waals surface area contributed by atoms with Crippen LogP contribution < -0.4 is 5.32 Å². The third-order valence-electron chi connectivity index (χ3n) is 4.13. The molecule has 0 unspecified atom stereocenters. The van der Waals surface area contributed by atoms with Gasteiger partial charge in [0, 0.05) is 43.9 Å². The second-order valence-corrected chi connectivity index (χ2v) is 8.43. The summed E-state index contributed by atoms with van der Waals surface area (Å²) in [6.07, 6.45) is 5.06. The summed E-state index contributed by atoms with van der Waals surface area (Å²) < 4.78 is 0. The number of nitrogens with one attached hydrogen (secondary N) is 1. The van der Waals surface area contributed by atoms with E-state index < -0.39 is 0 Å². The number of carbonyl (C=O) groups is 1. The Morgan fingerprint density at radius 1 is 1.19 bits per heavy atom. The van der Waals surface area contributed by atoms with Crippen molar-refractivity contribution < 1.29 is 4.79 Å². The first kappa shape index (κ1) is 17.6. The molecule has 134 valence electrons. The number of amides is 1. The number of rotatable bonds is 4.